The predicted molar refractivity (Wildman–Crippen MR) is 215 cm³/mol. The molecule has 14 heteroatoms. The molecule has 4 amide bonds. The molecule has 0 aliphatic carbocycles. The number of alkyl carbamates (subject to hydrolysis) is 1. The lowest BCUT2D eigenvalue weighted by Gasteiger charge is -2.30. The minimum atomic E-state index is -1.07. The van der Waals surface area contributed by atoms with E-state index in [1.54, 1.807) is 26.4 Å². The van der Waals surface area contributed by atoms with Gasteiger partial charge in [0.25, 0.3) is 0 Å². The second-order valence-electron chi connectivity index (χ2n) is 13.6. The Balaban J connectivity index is 1.26. The Morgan fingerprint density at radius 2 is 1.60 bits per heavy atom. The van der Waals surface area contributed by atoms with Crippen LogP contribution in [0.25, 0.3) is 10.6 Å². The van der Waals surface area contributed by atoms with Crippen LogP contribution in [0.5, 0.6) is 5.75 Å². The zero-order valence-electron chi connectivity index (χ0n) is 31.4. The van der Waals surface area contributed by atoms with Gasteiger partial charge in [0, 0.05) is 30.2 Å². The van der Waals surface area contributed by atoms with Crippen molar-refractivity contribution in [3.8, 4) is 16.3 Å². The van der Waals surface area contributed by atoms with Gasteiger partial charge in [-0.1, -0.05) is 86.6 Å². The number of benzene rings is 3. The van der Waals surface area contributed by atoms with Gasteiger partial charge in [-0.3, -0.25) is 4.79 Å². The van der Waals surface area contributed by atoms with Gasteiger partial charge in [-0.25, -0.2) is 18.9 Å². The standard InChI is InChI=1S/C41H48N6O6S2/c1-27(2)37(46-40(50)47(3)24-32-26-54-39(44-32)30-16-11-17-33(22-30)52-4)38(49)43-31(20-28-12-7-5-8-13-28)23-36(48)35(21-29-14-9-6-10-15-29)45-41(51)53-25-34-18-19-42-55-34/h5-19,22,26-27,31,35-37,48H,20-21,23-25H2,1-4H3,(H,43,49)(H,45,51)(H,46,50)/t31-,35-,36-,37-/m0/s1. The smallest absolute Gasteiger partial charge is 0.407 e. The van der Waals surface area contributed by atoms with Crippen LogP contribution in [0.4, 0.5) is 9.59 Å². The maximum Gasteiger partial charge on any atom is 0.407 e. The summed E-state index contributed by atoms with van der Waals surface area (Å²) in [5, 5.41) is 23.3. The number of hydrogen-bond acceptors (Lipinski definition) is 10. The lowest BCUT2D eigenvalue weighted by molar-refractivity contribution is -0.124. The van der Waals surface area contributed by atoms with Crippen LogP contribution in [0.15, 0.2) is 103 Å². The van der Waals surface area contributed by atoms with Crippen molar-refractivity contribution in [2.45, 2.75) is 70.5 Å². The van der Waals surface area contributed by atoms with Crippen LogP contribution < -0.4 is 20.7 Å². The number of thiazole rings is 1. The Morgan fingerprint density at radius 1 is 0.891 bits per heavy atom. The van der Waals surface area contributed by atoms with E-state index in [2.05, 4.69) is 20.3 Å². The third-order valence-corrected chi connectivity index (χ3v) is 10.6. The molecule has 2 heterocycles. The van der Waals surface area contributed by atoms with Crippen molar-refractivity contribution in [2.24, 2.45) is 5.92 Å². The SMILES string of the molecule is COc1cccc(-c2nc(CN(C)C(=O)N[C@H](C(=O)N[C@@H](Cc3ccccc3)C[C@H](O)[C@H](Cc3ccccc3)NC(=O)OCc3ccns3)C(C)C)cs2)c1. The van der Waals surface area contributed by atoms with Crippen molar-refractivity contribution in [3.63, 3.8) is 0 Å². The number of nitrogens with one attached hydrogen (secondary N) is 3. The molecule has 3 aromatic carbocycles. The molecule has 0 saturated heterocycles. The number of hydrogen-bond donors (Lipinski definition) is 4. The molecule has 2 aromatic heterocycles. The fraction of sp³-hybridized carbons (Fsp3) is 0.341. The number of rotatable bonds is 18. The van der Waals surface area contributed by atoms with Gasteiger partial charge in [0.15, 0.2) is 0 Å². The van der Waals surface area contributed by atoms with E-state index in [1.165, 1.54) is 27.8 Å². The third kappa shape index (κ3) is 12.6. The first kappa shape index (κ1) is 40.9. The minimum absolute atomic E-state index is 0.0585. The molecule has 0 aliphatic heterocycles. The van der Waals surface area contributed by atoms with Crippen molar-refractivity contribution >= 4 is 40.9 Å². The van der Waals surface area contributed by atoms with Crippen molar-refractivity contribution in [1.29, 1.82) is 0 Å². The zero-order chi connectivity index (χ0) is 39.2. The summed E-state index contributed by atoms with van der Waals surface area (Å²) in [5.41, 5.74) is 3.51. The molecule has 290 valence electrons. The van der Waals surface area contributed by atoms with Gasteiger partial charge in [-0.2, -0.15) is 0 Å². The second kappa shape index (κ2) is 20.4. The first-order chi connectivity index (χ1) is 26.6. The average Bonchev–Trinajstić information content (AvgIpc) is 3.89. The fourth-order valence-electron chi connectivity index (χ4n) is 6.00. The first-order valence-corrected chi connectivity index (χ1v) is 19.7. The van der Waals surface area contributed by atoms with Gasteiger partial charge in [0.05, 0.1) is 36.4 Å². The van der Waals surface area contributed by atoms with Gasteiger partial charge in [-0.05, 0) is 66.0 Å². The van der Waals surface area contributed by atoms with Gasteiger partial charge in [0.1, 0.15) is 23.4 Å². The van der Waals surface area contributed by atoms with Crippen molar-refractivity contribution in [2.75, 3.05) is 14.2 Å². The Labute approximate surface area is 330 Å². The monoisotopic (exact) mass is 784 g/mol. The minimum Gasteiger partial charge on any atom is -0.497 e. The molecule has 0 saturated carbocycles. The van der Waals surface area contributed by atoms with Crippen LogP contribution in [-0.2, 0) is 35.5 Å². The van der Waals surface area contributed by atoms with Crippen LogP contribution in [0.2, 0.25) is 0 Å². The maximum absolute atomic E-state index is 14.0. The number of aliphatic hydroxyl groups excluding tert-OH is 1. The molecule has 4 atom stereocenters. The van der Waals surface area contributed by atoms with Gasteiger partial charge in [0.2, 0.25) is 5.91 Å². The van der Waals surface area contributed by atoms with Gasteiger partial charge in [-0.15, -0.1) is 11.3 Å². The van der Waals surface area contributed by atoms with Crippen LogP contribution in [0, 0.1) is 5.92 Å². The largest absolute Gasteiger partial charge is 0.497 e. The fourth-order valence-corrected chi connectivity index (χ4v) is 7.30. The van der Waals surface area contributed by atoms with Crippen molar-refractivity contribution in [3.05, 3.63) is 124 Å². The average molecular weight is 785 g/mol. The maximum atomic E-state index is 14.0. The summed E-state index contributed by atoms with van der Waals surface area (Å²) in [4.78, 5) is 47.4. The topological polar surface area (TPSA) is 155 Å². The highest BCUT2D eigenvalue weighted by molar-refractivity contribution is 7.13. The summed E-state index contributed by atoms with van der Waals surface area (Å²) in [6.07, 6.45) is 0.767. The quantitative estimate of drug-likeness (QED) is 0.0790. The third-order valence-electron chi connectivity index (χ3n) is 8.94. The van der Waals surface area contributed by atoms with Gasteiger partial charge >= 0.3 is 12.1 Å². The van der Waals surface area contributed by atoms with E-state index < -0.39 is 36.4 Å². The summed E-state index contributed by atoms with van der Waals surface area (Å²) in [5.74, 6) is 0.103. The first-order valence-electron chi connectivity index (χ1n) is 18.1. The Hall–Kier alpha value is -5.31. The summed E-state index contributed by atoms with van der Waals surface area (Å²) in [6, 6.07) is 26.1. The molecule has 0 spiro atoms. The van der Waals surface area contributed by atoms with E-state index in [0.29, 0.717) is 18.5 Å². The molecule has 0 bridgehead atoms. The lowest BCUT2D eigenvalue weighted by Crippen LogP contribution is -2.55. The Morgan fingerprint density at radius 3 is 2.25 bits per heavy atom. The number of urea groups is 1. The highest BCUT2D eigenvalue weighted by Gasteiger charge is 2.31. The molecule has 0 aliphatic rings. The molecule has 5 rings (SSSR count). The van der Waals surface area contributed by atoms with Crippen molar-refractivity contribution < 1.29 is 29.0 Å². The van der Waals surface area contributed by atoms with Crippen LogP contribution in [0.1, 0.15) is 42.0 Å². The van der Waals surface area contributed by atoms with E-state index in [4.69, 9.17) is 14.5 Å². The molecule has 55 heavy (non-hydrogen) atoms. The number of carbonyl (C=O) groups excluding carboxylic acids is 3. The van der Waals surface area contributed by atoms with E-state index >= 15 is 0 Å². The number of methoxy groups -OCH3 is 1. The number of aliphatic hydroxyl groups is 1. The number of nitrogens with zero attached hydrogens (tertiary/aromatic N) is 3. The second-order valence-corrected chi connectivity index (χ2v) is 15.4. The van der Waals surface area contributed by atoms with E-state index in [1.807, 2.05) is 104 Å². The summed E-state index contributed by atoms with van der Waals surface area (Å²) >= 11 is 2.72. The molecule has 5 aromatic rings. The predicted octanol–water partition coefficient (Wildman–Crippen LogP) is 6.46. The number of ether oxygens (including phenoxy) is 2. The molecule has 0 radical (unpaired) electrons. The Bertz CT molecular complexity index is 1940. The highest BCUT2D eigenvalue weighted by Crippen LogP contribution is 2.27. The van der Waals surface area contributed by atoms with E-state index in [0.717, 1.165) is 32.3 Å². The zero-order valence-corrected chi connectivity index (χ0v) is 33.0. The van der Waals surface area contributed by atoms with Crippen LogP contribution >= 0.6 is 22.9 Å². The molecule has 0 fully saturated rings. The molecule has 12 nitrogen and oxygen atoms in total. The van der Waals surface area contributed by atoms with Gasteiger partial charge < -0.3 is 35.4 Å². The summed E-state index contributed by atoms with van der Waals surface area (Å²) < 4.78 is 14.8. The number of aromatic nitrogens is 2. The van der Waals surface area contributed by atoms with E-state index in [-0.39, 0.29) is 31.4 Å². The van der Waals surface area contributed by atoms with Crippen molar-refractivity contribution in [1.82, 2.24) is 30.2 Å². The summed E-state index contributed by atoms with van der Waals surface area (Å²) in [6.45, 7) is 4.03. The molecule has 4 N–H and O–H groups in total. The normalized spacial score (nSPS) is 13.3. The molecular weight excluding hydrogens is 737 g/mol. The molecule has 0 unspecified atom stereocenters. The molecular formula is C41H48N6O6S2. The highest BCUT2D eigenvalue weighted by atomic mass is 32.1. The number of amides is 4. The van der Waals surface area contributed by atoms with E-state index in [9.17, 15) is 19.5 Å². The Kier molecular flexibility index (Phi) is 15.2. The lowest BCUT2D eigenvalue weighted by atomic mass is 9.93. The number of carbonyl (C=O) groups is 3. The van der Waals surface area contributed by atoms with Crippen LogP contribution in [0.3, 0.4) is 0 Å². The summed E-state index contributed by atoms with van der Waals surface area (Å²) in [7, 11) is 3.28. The van der Waals surface area contributed by atoms with Crippen LogP contribution in [-0.4, -0.2) is 75.8 Å².